The van der Waals surface area contributed by atoms with Gasteiger partial charge in [0.05, 0.1) is 11.1 Å². The Bertz CT molecular complexity index is 371. The molecular formula is C16H27NO2S. The van der Waals surface area contributed by atoms with E-state index in [-0.39, 0.29) is 17.1 Å². The first-order chi connectivity index (χ1) is 9.54. The minimum atomic E-state index is -0.286. The fourth-order valence-corrected chi connectivity index (χ4v) is 5.42. The lowest BCUT2D eigenvalue weighted by Crippen LogP contribution is -2.53. The molecule has 0 aromatic heterocycles. The smallest absolute Gasteiger partial charge is 0.155 e. The van der Waals surface area contributed by atoms with Gasteiger partial charge in [0.1, 0.15) is 0 Å². The summed E-state index contributed by atoms with van der Waals surface area (Å²) in [4.78, 5) is 15.4. The topological polar surface area (TPSA) is 29.5 Å². The summed E-state index contributed by atoms with van der Waals surface area (Å²) in [5.41, 5.74) is -0.268. The van der Waals surface area contributed by atoms with E-state index in [9.17, 15) is 4.79 Å². The van der Waals surface area contributed by atoms with Gasteiger partial charge in [-0.3, -0.25) is 9.69 Å². The van der Waals surface area contributed by atoms with Gasteiger partial charge in [-0.2, -0.15) is 11.8 Å². The fraction of sp³-hybridized carbons (Fsp3) is 0.938. The van der Waals surface area contributed by atoms with E-state index in [0.717, 1.165) is 44.7 Å². The molecule has 3 aliphatic rings. The van der Waals surface area contributed by atoms with Crippen LogP contribution in [0.1, 0.15) is 46.0 Å². The van der Waals surface area contributed by atoms with Crippen molar-refractivity contribution in [2.24, 2.45) is 5.92 Å². The highest BCUT2D eigenvalue weighted by Crippen LogP contribution is 2.42. The second-order valence-corrected chi connectivity index (χ2v) is 8.25. The number of carbonyl (C=O) groups is 1. The Morgan fingerprint density at radius 3 is 2.75 bits per heavy atom. The van der Waals surface area contributed by atoms with Crippen LogP contribution in [0.25, 0.3) is 0 Å². The predicted molar refractivity (Wildman–Crippen MR) is 83.2 cm³/mol. The maximum Gasteiger partial charge on any atom is 0.155 e. The molecule has 0 radical (unpaired) electrons. The summed E-state index contributed by atoms with van der Waals surface area (Å²) in [5.74, 6) is 2.94. The largest absolute Gasteiger partial charge is 0.374 e. The number of ketones is 1. The molecule has 0 bridgehead atoms. The van der Waals surface area contributed by atoms with Crippen LogP contribution in [0.3, 0.4) is 0 Å². The van der Waals surface area contributed by atoms with Crippen LogP contribution in [0.15, 0.2) is 0 Å². The third-order valence-corrected chi connectivity index (χ3v) is 6.65. The summed E-state index contributed by atoms with van der Waals surface area (Å²) in [6.45, 7) is 7.21. The van der Waals surface area contributed by atoms with Crippen molar-refractivity contribution in [3.05, 3.63) is 0 Å². The summed E-state index contributed by atoms with van der Waals surface area (Å²) in [7, 11) is 0. The van der Waals surface area contributed by atoms with Crippen LogP contribution in [0, 0.1) is 5.92 Å². The van der Waals surface area contributed by atoms with Crippen LogP contribution < -0.4 is 0 Å². The molecular weight excluding hydrogens is 270 g/mol. The van der Waals surface area contributed by atoms with E-state index < -0.39 is 0 Å². The average molecular weight is 297 g/mol. The number of thioether (sulfide) groups is 1. The molecule has 3 fully saturated rings. The Hall–Kier alpha value is -0.0600. The second-order valence-electron chi connectivity index (χ2n) is 7.14. The highest BCUT2D eigenvalue weighted by atomic mass is 32.2. The summed E-state index contributed by atoms with van der Waals surface area (Å²) in [6, 6.07) is 0. The quantitative estimate of drug-likeness (QED) is 0.801. The van der Waals surface area contributed by atoms with Crippen LogP contribution in [-0.2, 0) is 9.53 Å². The summed E-state index contributed by atoms with van der Waals surface area (Å²) >= 11 is 1.98. The summed E-state index contributed by atoms with van der Waals surface area (Å²) < 4.78 is 6.06. The first-order valence-electron chi connectivity index (χ1n) is 8.05. The van der Waals surface area contributed by atoms with Gasteiger partial charge in [-0.15, -0.1) is 0 Å². The van der Waals surface area contributed by atoms with E-state index in [0.29, 0.717) is 5.78 Å². The van der Waals surface area contributed by atoms with Crippen molar-refractivity contribution in [2.45, 2.75) is 57.1 Å². The molecule has 3 aliphatic heterocycles. The van der Waals surface area contributed by atoms with Crippen molar-refractivity contribution in [3.8, 4) is 0 Å². The zero-order valence-corrected chi connectivity index (χ0v) is 13.6. The Balaban J connectivity index is 1.69. The molecule has 1 spiro atoms. The molecule has 0 aromatic rings. The van der Waals surface area contributed by atoms with E-state index in [2.05, 4.69) is 18.7 Å². The number of rotatable bonds is 3. The number of hydrogen-bond donors (Lipinski definition) is 0. The third kappa shape index (κ3) is 2.67. The Labute approximate surface area is 126 Å². The van der Waals surface area contributed by atoms with Gasteiger partial charge in [0.2, 0.25) is 0 Å². The number of hydrogen-bond acceptors (Lipinski definition) is 4. The van der Waals surface area contributed by atoms with Crippen LogP contribution in [0.5, 0.6) is 0 Å². The Morgan fingerprint density at radius 2 is 2.10 bits per heavy atom. The highest BCUT2D eigenvalue weighted by Gasteiger charge is 2.46. The van der Waals surface area contributed by atoms with Crippen molar-refractivity contribution >= 4 is 17.5 Å². The van der Waals surface area contributed by atoms with Crippen molar-refractivity contribution in [3.63, 3.8) is 0 Å². The first kappa shape index (κ1) is 14.9. The van der Waals surface area contributed by atoms with Crippen LogP contribution in [0.2, 0.25) is 0 Å². The monoisotopic (exact) mass is 297 g/mol. The molecule has 4 heteroatoms. The predicted octanol–water partition coefficient (Wildman–Crippen LogP) is 2.73. The zero-order chi connectivity index (χ0) is 14.2. The van der Waals surface area contributed by atoms with Gasteiger partial charge >= 0.3 is 0 Å². The van der Waals surface area contributed by atoms with Gasteiger partial charge in [-0.1, -0.05) is 0 Å². The third-order valence-electron chi connectivity index (χ3n) is 5.43. The number of nitrogens with zero attached hydrogens (tertiary/aromatic N) is 1. The zero-order valence-electron chi connectivity index (χ0n) is 12.8. The maximum absolute atomic E-state index is 13.0. The van der Waals surface area contributed by atoms with E-state index in [1.165, 1.54) is 18.6 Å². The summed E-state index contributed by atoms with van der Waals surface area (Å²) in [6.07, 6.45) is 5.49. The molecule has 0 amide bonds. The molecule has 0 aromatic carbocycles. The van der Waals surface area contributed by atoms with Crippen LogP contribution in [-0.4, -0.2) is 53.0 Å². The number of likely N-dealkylation sites (tertiary alicyclic amines) is 1. The minimum absolute atomic E-state index is 0.0182. The molecule has 3 nitrogen and oxygen atoms in total. The first-order valence-corrected chi connectivity index (χ1v) is 9.20. The van der Waals surface area contributed by atoms with Crippen LogP contribution in [0.4, 0.5) is 0 Å². The molecule has 2 atom stereocenters. The molecule has 0 aliphatic carbocycles. The average Bonchev–Trinajstić information content (AvgIpc) is 3.10. The van der Waals surface area contributed by atoms with Crippen molar-refractivity contribution in [2.75, 3.05) is 31.2 Å². The lowest BCUT2D eigenvalue weighted by atomic mass is 9.77. The number of ether oxygens (including phenoxy) is 1. The van der Waals surface area contributed by atoms with Gasteiger partial charge in [0, 0.05) is 18.3 Å². The Morgan fingerprint density at radius 1 is 1.35 bits per heavy atom. The molecule has 3 heterocycles. The lowest BCUT2D eigenvalue weighted by molar-refractivity contribution is -0.143. The van der Waals surface area contributed by atoms with Gasteiger partial charge in [-0.25, -0.2) is 0 Å². The van der Waals surface area contributed by atoms with E-state index in [1.807, 2.05) is 11.8 Å². The highest BCUT2D eigenvalue weighted by molar-refractivity contribution is 7.99. The molecule has 3 rings (SSSR count). The molecule has 0 saturated carbocycles. The van der Waals surface area contributed by atoms with Crippen molar-refractivity contribution in [1.82, 2.24) is 4.90 Å². The van der Waals surface area contributed by atoms with Gasteiger partial charge in [0.15, 0.2) is 5.78 Å². The number of carbonyl (C=O) groups excluding carboxylic acids is 1. The SMILES string of the molecule is CC(C)(C(=O)C1CCOC2(CCSC2)C1)N1CCCC1. The van der Waals surface area contributed by atoms with Crippen molar-refractivity contribution in [1.29, 1.82) is 0 Å². The maximum atomic E-state index is 13.0. The minimum Gasteiger partial charge on any atom is -0.374 e. The fourth-order valence-electron chi connectivity index (χ4n) is 4.05. The molecule has 114 valence electrons. The second kappa shape index (κ2) is 5.62. The lowest BCUT2D eigenvalue weighted by Gasteiger charge is -2.42. The van der Waals surface area contributed by atoms with E-state index in [1.54, 1.807) is 0 Å². The molecule has 2 unspecified atom stereocenters. The van der Waals surface area contributed by atoms with E-state index >= 15 is 0 Å². The molecule has 3 saturated heterocycles. The summed E-state index contributed by atoms with van der Waals surface area (Å²) in [5, 5.41) is 0. The standard InChI is InChI=1S/C16H27NO2S/c1-15(2,17-7-3-4-8-17)14(18)13-5-9-19-16(11-13)6-10-20-12-16/h13H,3-12H2,1-2H3. The normalized spacial score (nSPS) is 35.8. The molecule has 0 N–H and O–H groups in total. The van der Waals surface area contributed by atoms with Gasteiger partial charge < -0.3 is 4.74 Å². The Kier molecular flexibility index (Phi) is 4.17. The molecule has 20 heavy (non-hydrogen) atoms. The van der Waals surface area contributed by atoms with E-state index in [4.69, 9.17) is 4.74 Å². The van der Waals surface area contributed by atoms with Gasteiger partial charge in [-0.05, 0) is 64.8 Å². The van der Waals surface area contributed by atoms with Crippen LogP contribution >= 0.6 is 11.8 Å². The van der Waals surface area contributed by atoms with Gasteiger partial charge in [0.25, 0.3) is 0 Å². The number of Topliss-reactive ketones (excluding diaryl/α,β-unsaturated/α-hetero) is 1. The van der Waals surface area contributed by atoms with Crippen molar-refractivity contribution < 1.29 is 9.53 Å².